The zero-order valence-electron chi connectivity index (χ0n) is 23.1. The van der Waals surface area contributed by atoms with Gasteiger partial charge in [-0.25, -0.2) is 0 Å². The molecule has 0 saturated carbocycles. The molecule has 2 fully saturated rings. The second-order valence-electron chi connectivity index (χ2n) is 10.5. The van der Waals surface area contributed by atoms with Crippen LogP contribution in [0.3, 0.4) is 0 Å². The van der Waals surface area contributed by atoms with Crippen molar-refractivity contribution in [1.29, 1.82) is 0 Å². The van der Waals surface area contributed by atoms with Crippen LogP contribution in [-0.2, 0) is 41.5 Å². The van der Waals surface area contributed by atoms with Gasteiger partial charge in [0.25, 0.3) is 0 Å². The first-order valence-corrected chi connectivity index (χ1v) is 13.6. The number of hydrogen-bond acceptors (Lipinski definition) is 7. The minimum Gasteiger partial charge on any atom is -0.497 e. The van der Waals surface area contributed by atoms with E-state index in [1.807, 2.05) is 30.3 Å². The number of Topliss-reactive ketones (excluding diaryl/α,β-unsaturated/α-hetero) is 1. The van der Waals surface area contributed by atoms with Gasteiger partial charge in [-0.15, -0.1) is 0 Å². The molecule has 0 radical (unpaired) electrons. The minimum atomic E-state index is -1.01. The van der Waals surface area contributed by atoms with Crippen molar-refractivity contribution in [1.82, 2.24) is 16.0 Å². The van der Waals surface area contributed by atoms with Gasteiger partial charge in [0.05, 0.1) is 19.8 Å². The molecule has 0 spiro atoms. The molecule has 214 valence electrons. The van der Waals surface area contributed by atoms with Crippen LogP contribution in [-0.4, -0.2) is 73.7 Å². The summed E-state index contributed by atoms with van der Waals surface area (Å²) in [7, 11) is 1.56. The lowest BCUT2D eigenvalue weighted by Crippen LogP contribution is -2.57. The molecule has 10 nitrogen and oxygen atoms in total. The van der Waals surface area contributed by atoms with E-state index in [2.05, 4.69) is 16.0 Å². The fourth-order valence-electron chi connectivity index (χ4n) is 4.61. The van der Waals surface area contributed by atoms with Gasteiger partial charge in [-0.2, -0.15) is 0 Å². The molecule has 3 N–H and O–H groups in total. The third-order valence-corrected chi connectivity index (χ3v) is 7.22. The molecule has 4 rings (SSSR count). The summed E-state index contributed by atoms with van der Waals surface area (Å²) in [6.07, 6.45) is 1.25. The van der Waals surface area contributed by atoms with E-state index < -0.39 is 41.6 Å². The van der Waals surface area contributed by atoms with Gasteiger partial charge in [0, 0.05) is 13.0 Å². The molecule has 2 aliphatic heterocycles. The standard InChI is InChI=1S/C30H37N3O7/c1-19(31-29(37)25-10-7-15-39-25)27(35)33-24(17-21-11-13-22(38-3)14-12-21)28(36)32-23(26(34)30(2)18-40-30)16-20-8-5-4-6-9-20/h4-6,8-9,11-14,19,23-25H,7,10,15-18H2,1-3H3,(H,31,37)(H,32,36)(H,33,35)/t19-,23-,24-,25+,30?/m0/s1. The van der Waals surface area contributed by atoms with Crippen molar-refractivity contribution in [3.05, 3.63) is 65.7 Å². The first kappa shape index (κ1) is 29.2. The maximum atomic E-state index is 13.7. The van der Waals surface area contributed by atoms with Crippen LogP contribution in [0, 0.1) is 0 Å². The normalized spacial score (nSPS) is 21.9. The van der Waals surface area contributed by atoms with Crippen LogP contribution in [0.5, 0.6) is 5.75 Å². The number of carbonyl (C=O) groups excluding carboxylic acids is 4. The van der Waals surface area contributed by atoms with Crippen LogP contribution in [0.1, 0.15) is 37.8 Å². The van der Waals surface area contributed by atoms with Gasteiger partial charge >= 0.3 is 0 Å². The molecular formula is C30H37N3O7. The van der Waals surface area contributed by atoms with E-state index in [1.165, 1.54) is 0 Å². The van der Waals surface area contributed by atoms with Crippen molar-refractivity contribution in [3.63, 3.8) is 0 Å². The molecule has 2 saturated heterocycles. The Hall–Kier alpha value is -3.76. The Labute approximate surface area is 234 Å². The van der Waals surface area contributed by atoms with Crippen molar-refractivity contribution in [2.45, 2.75) is 69.4 Å². The largest absolute Gasteiger partial charge is 0.497 e. The lowest BCUT2D eigenvalue weighted by Gasteiger charge is -2.25. The second kappa shape index (κ2) is 13.1. The number of methoxy groups -OCH3 is 1. The van der Waals surface area contributed by atoms with Crippen LogP contribution >= 0.6 is 0 Å². The van der Waals surface area contributed by atoms with Gasteiger partial charge in [-0.05, 0) is 56.4 Å². The number of epoxide rings is 1. The van der Waals surface area contributed by atoms with E-state index in [0.717, 1.165) is 17.5 Å². The van der Waals surface area contributed by atoms with Crippen LogP contribution in [0.15, 0.2) is 54.6 Å². The Morgan fingerprint density at radius 3 is 2.15 bits per heavy atom. The van der Waals surface area contributed by atoms with Crippen LogP contribution in [0.25, 0.3) is 0 Å². The van der Waals surface area contributed by atoms with E-state index in [0.29, 0.717) is 25.4 Å². The van der Waals surface area contributed by atoms with E-state index in [9.17, 15) is 19.2 Å². The summed E-state index contributed by atoms with van der Waals surface area (Å²) < 4.78 is 16.0. The van der Waals surface area contributed by atoms with Crippen molar-refractivity contribution in [2.24, 2.45) is 0 Å². The molecule has 0 aliphatic carbocycles. The molecule has 2 aromatic carbocycles. The van der Waals surface area contributed by atoms with Crippen molar-refractivity contribution < 1.29 is 33.4 Å². The average Bonchev–Trinajstić information content (AvgIpc) is 3.47. The highest BCUT2D eigenvalue weighted by molar-refractivity contribution is 5.98. The molecule has 2 heterocycles. The van der Waals surface area contributed by atoms with E-state index >= 15 is 0 Å². The maximum Gasteiger partial charge on any atom is 0.249 e. The molecule has 0 aromatic heterocycles. The summed E-state index contributed by atoms with van der Waals surface area (Å²) in [6.45, 7) is 4.06. The van der Waals surface area contributed by atoms with E-state index in [-0.39, 0.29) is 24.5 Å². The summed E-state index contributed by atoms with van der Waals surface area (Å²) in [4.78, 5) is 52.6. The van der Waals surface area contributed by atoms with Crippen LogP contribution < -0.4 is 20.7 Å². The number of nitrogens with one attached hydrogen (secondary N) is 3. The van der Waals surface area contributed by atoms with Gasteiger partial charge in [0.15, 0.2) is 5.78 Å². The number of hydrogen-bond donors (Lipinski definition) is 3. The molecule has 5 atom stereocenters. The van der Waals surface area contributed by atoms with Crippen LogP contribution in [0.4, 0.5) is 0 Å². The molecule has 40 heavy (non-hydrogen) atoms. The monoisotopic (exact) mass is 551 g/mol. The quantitative estimate of drug-likeness (QED) is 0.321. The fourth-order valence-corrected chi connectivity index (χ4v) is 4.61. The van der Waals surface area contributed by atoms with E-state index in [4.69, 9.17) is 14.2 Å². The topological polar surface area (TPSA) is 135 Å². The SMILES string of the molecule is COc1ccc(C[C@H](NC(=O)[C@H](C)NC(=O)[C@H]2CCCO2)C(=O)N[C@@H](Cc2ccccc2)C(=O)C2(C)CO2)cc1. The molecule has 3 amide bonds. The molecule has 2 aliphatic rings. The summed E-state index contributed by atoms with van der Waals surface area (Å²) in [5.41, 5.74) is 0.718. The number of rotatable bonds is 13. The third-order valence-electron chi connectivity index (χ3n) is 7.22. The van der Waals surface area contributed by atoms with E-state index in [1.54, 1.807) is 45.2 Å². The summed E-state index contributed by atoms with van der Waals surface area (Å²) in [6, 6.07) is 13.8. The predicted molar refractivity (Wildman–Crippen MR) is 147 cm³/mol. The third kappa shape index (κ3) is 7.67. The molecule has 1 unspecified atom stereocenters. The van der Waals surface area contributed by atoms with Crippen LogP contribution in [0.2, 0.25) is 0 Å². The number of ether oxygens (including phenoxy) is 3. The zero-order valence-corrected chi connectivity index (χ0v) is 23.1. The Morgan fingerprint density at radius 2 is 1.55 bits per heavy atom. The molecule has 2 aromatic rings. The summed E-state index contributed by atoms with van der Waals surface area (Å²) in [5, 5.41) is 8.31. The highest BCUT2D eigenvalue weighted by Crippen LogP contribution is 2.29. The first-order valence-electron chi connectivity index (χ1n) is 13.6. The van der Waals surface area contributed by atoms with Crippen molar-refractivity contribution in [3.8, 4) is 5.75 Å². The zero-order chi connectivity index (χ0) is 28.7. The predicted octanol–water partition coefficient (Wildman–Crippen LogP) is 1.49. The Bertz CT molecular complexity index is 1190. The highest BCUT2D eigenvalue weighted by atomic mass is 16.6. The highest BCUT2D eigenvalue weighted by Gasteiger charge is 2.50. The number of benzene rings is 2. The van der Waals surface area contributed by atoms with Gasteiger partial charge in [-0.3, -0.25) is 19.2 Å². The number of ketones is 1. The summed E-state index contributed by atoms with van der Waals surface area (Å²) >= 11 is 0. The molecule has 0 bridgehead atoms. The Kier molecular flexibility index (Phi) is 9.54. The minimum absolute atomic E-state index is 0.161. The van der Waals surface area contributed by atoms with Gasteiger partial charge in [0.1, 0.15) is 29.5 Å². The fraction of sp³-hybridized carbons (Fsp3) is 0.467. The Morgan fingerprint density at radius 1 is 0.925 bits per heavy atom. The smallest absolute Gasteiger partial charge is 0.249 e. The molecular weight excluding hydrogens is 514 g/mol. The van der Waals surface area contributed by atoms with Crippen molar-refractivity contribution in [2.75, 3.05) is 20.3 Å². The lowest BCUT2D eigenvalue weighted by molar-refractivity contribution is -0.136. The van der Waals surface area contributed by atoms with Gasteiger partial charge in [-0.1, -0.05) is 42.5 Å². The lowest BCUT2D eigenvalue weighted by atomic mass is 9.94. The number of amides is 3. The Balaban J connectivity index is 1.50. The van der Waals surface area contributed by atoms with Crippen molar-refractivity contribution >= 4 is 23.5 Å². The maximum absolute atomic E-state index is 13.7. The van der Waals surface area contributed by atoms with Gasteiger partial charge in [0.2, 0.25) is 17.7 Å². The second-order valence-corrected chi connectivity index (χ2v) is 10.5. The number of carbonyl (C=O) groups is 4. The van der Waals surface area contributed by atoms with Gasteiger partial charge < -0.3 is 30.2 Å². The summed E-state index contributed by atoms with van der Waals surface area (Å²) in [5.74, 6) is -0.965. The molecule has 10 heteroatoms. The first-order chi connectivity index (χ1) is 19.2. The average molecular weight is 552 g/mol.